The number of aromatic nitrogens is 1. The number of benzene rings is 1. The number of nitriles is 1. The van der Waals surface area contributed by atoms with Crippen LogP contribution in [0.15, 0.2) is 36.5 Å². The molecule has 2 aromatic rings. The molecule has 1 fully saturated rings. The number of halogens is 2. The molecule has 1 aliphatic heterocycles. The van der Waals surface area contributed by atoms with E-state index in [2.05, 4.69) is 10.3 Å². The summed E-state index contributed by atoms with van der Waals surface area (Å²) in [5, 5.41) is 12.9. The topological polar surface area (TPSA) is 89.3 Å². The summed E-state index contributed by atoms with van der Waals surface area (Å²) in [6, 6.07) is 9.18. The van der Waals surface area contributed by atoms with Crippen LogP contribution in [-0.4, -0.2) is 41.5 Å². The van der Waals surface area contributed by atoms with Crippen molar-refractivity contribution in [3.05, 3.63) is 57.8 Å². The monoisotopic (exact) mass is 403 g/mol. The molecule has 0 radical (unpaired) electrons. The van der Waals surface area contributed by atoms with Gasteiger partial charge in [-0.15, -0.1) is 0 Å². The Kier molecular flexibility index (Phi) is 5.49. The molecule has 1 unspecified atom stereocenters. The number of anilines is 1. The Morgan fingerprint density at radius 2 is 2.19 bits per heavy atom. The van der Waals surface area contributed by atoms with E-state index >= 15 is 0 Å². The summed E-state index contributed by atoms with van der Waals surface area (Å²) >= 11 is 12.0. The molecular formula is C18H15Cl2N5O2. The fraction of sp³-hybridized carbons (Fsp3) is 0.222. The minimum atomic E-state index is -0.699. The Labute approximate surface area is 166 Å². The number of pyridine rings is 1. The molecule has 1 aromatic carbocycles. The molecule has 3 amide bonds. The molecule has 138 valence electrons. The summed E-state index contributed by atoms with van der Waals surface area (Å²) in [5.74, 6) is -0.318. The first-order valence-electron chi connectivity index (χ1n) is 8.03. The number of carbonyl (C=O) groups is 2. The van der Waals surface area contributed by atoms with E-state index in [0.29, 0.717) is 15.7 Å². The third kappa shape index (κ3) is 3.82. The van der Waals surface area contributed by atoms with E-state index in [0.717, 1.165) is 5.56 Å². The molecule has 1 saturated heterocycles. The molecule has 0 spiro atoms. The van der Waals surface area contributed by atoms with Crippen LogP contribution >= 0.6 is 23.2 Å². The molecule has 27 heavy (non-hydrogen) atoms. The van der Waals surface area contributed by atoms with Crippen LogP contribution < -0.4 is 10.2 Å². The number of amides is 3. The average molecular weight is 404 g/mol. The Balaban J connectivity index is 1.72. The van der Waals surface area contributed by atoms with E-state index in [1.54, 1.807) is 37.4 Å². The smallest absolute Gasteiger partial charge is 0.325 e. The maximum absolute atomic E-state index is 12.6. The maximum Gasteiger partial charge on any atom is 0.325 e. The normalized spacial score (nSPS) is 16.4. The van der Waals surface area contributed by atoms with Gasteiger partial charge in [0.05, 0.1) is 12.2 Å². The lowest BCUT2D eigenvalue weighted by Crippen LogP contribution is -2.43. The fourth-order valence-corrected chi connectivity index (χ4v) is 3.30. The van der Waals surface area contributed by atoms with Gasteiger partial charge in [0.1, 0.15) is 12.1 Å². The van der Waals surface area contributed by atoms with Gasteiger partial charge in [-0.25, -0.2) is 9.78 Å². The van der Waals surface area contributed by atoms with Gasteiger partial charge in [-0.2, -0.15) is 5.26 Å². The summed E-state index contributed by atoms with van der Waals surface area (Å²) in [6.07, 6.45) is 1.48. The van der Waals surface area contributed by atoms with E-state index in [-0.39, 0.29) is 30.7 Å². The van der Waals surface area contributed by atoms with Crippen molar-refractivity contribution >= 4 is 40.8 Å². The largest absolute Gasteiger partial charge is 0.350 e. The fourth-order valence-electron chi connectivity index (χ4n) is 2.82. The second-order valence-corrected chi connectivity index (χ2v) is 6.80. The highest BCUT2D eigenvalue weighted by molar-refractivity contribution is 6.35. The Hall–Kier alpha value is -2.82. The van der Waals surface area contributed by atoms with Crippen LogP contribution in [0.2, 0.25) is 10.0 Å². The van der Waals surface area contributed by atoms with Gasteiger partial charge in [0.2, 0.25) is 5.91 Å². The van der Waals surface area contributed by atoms with Crippen LogP contribution in [0.3, 0.4) is 0 Å². The molecule has 1 atom stereocenters. The van der Waals surface area contributed by atoms with Crippen molar-refractivity contribution in [2.75, 3.05) is 18.5 Å². The van der Waals surface area contributed by atoms with Gasteiger partial charge in [0, 0.05) is 29.8 Å². The third-order valence-corrected chi connectivity index (χ3v) is 4.90. The van der Waals surface area contributed by atoms with E-state index in [1.165, 1.54) is 16.0 Å². The maximum atomic E-state index is 12.6. The average Bonchev–Trinajstić information content (AvgIpc) is 2.96. The first-order chi connectivity index (χ1) is 12.9. The molecule has 7 nitrogen and oxygen atoms in total. The lowest BCUT2D eigenvalue weighted by Gasteiger charge is -2.17. The Morgan fingerprint density at radius 1 is 1.41 bits per heavy atom. The van der Waals surface area contributed by atoms with E-state index < -0.39 is 6.04 Å². The van der Waals surface area contributed by atoms with Crippen LogP contribution in [0.1, 0.15) is 11.3 Å². The number of hydrogen-bond acceptors (Lipinski definition) is 4. The summed E-state index contributed by atoms with van der Waals surface area (Å²) < 4.78 is 0. The third-order valence-electron chi connectivity index (χ3n) is 4.31. The molecule has 2 heterocycles. The van der Waals surface area contributed by atoms with Crippen LogP contribution in [-0.2, 0) is 11.3 Å². The molecule has 9 heteroatoms. The molecule has 1 aliphatic rings. The Morgan fingerprint density at radius 3 is 2.89 bits per heavy atom. The highest BCUT2D eigenvalue weighted by Crippen LogP contribution is 2.25. The minimum Gasteiger partial charge on any atom is -0.350 e. The first-order valence-corrected chi connectivity index (χ1v) is 8.79. The number of urea groups is 1. The summed E-state index contributed by atoms with van der Waals surface area (Å²) in [4.78, 5) is 31.8. The van der Waals surface area contributed by atoms with Gasteiger partial charge >= 0.3 is 6.03 Å². The van der Waals surface area contributed by atoms with Gasteiger partial charge in [-0.3, -0.25) is 9.69 Å². The van der Waals surface area contributed by atoms with Crippen LogP contribution in [0.4, 0.5) is 10.5 Å². The minimum absolute atomic E-state index is 0.121. The molecule has 0 aliphatic carbocycles. The predicted octanol–water partition coefficient (Wildman–Crippen LogP) is 2.82. The number of rotatable bonds is 4. The molecule has 3 rings (SSSR count). The highest BCUT2D eigenvalue weighted by atomic mass is 35.5. The van der Waals surface area contributed by atoms with Crippen molar-refractivity contribution in [2.45, 2.75) is 12.6 Å². The van der Waals surface area contributed by atoms with Crippen molar-refractivity contribution < 1.29 is 9.59 Å². The molecule has 0 saturated carbocycles. The lowest BCUT2D eigenvalue weighted by molar-refractivity contribution is -0.124. The van der Waals surface area contributed by atoms with Crippen LogP contribution in [0.25, 0.3) is 0 Å². The number of likely N-dealkylation sites (N-methyl/N-ethyl adjacent to an activating group) is 1. The van der Waals surface area contributed by atoms with E-state index in [9.17, 15) is 14.9 Å². The molecule has 1 N–H and O–H groups in total. The summed E-state index contributed by atoms with van der Waals surface area (Å²) in [5.41, 5.74) is 1.23. The van der Waals surface area contributed by atoms with Gasteiger partial charge in [0.25, 0.3) is 0 Å². The zero-order valence-electron chi connectivity index (χ0n) is 14.3. The summed E-state index contributed by atoms with van der Waals surface area (Å²) in [6.45, 7) is 0.333. The number of nitrogens with zero attached hydrogens (tertiary/aromatic N) is 4. The second-order valence-electron chi connectivity index (χ2n) is 5.96. The van der Waals surface area contributed by atoms with E-state index in [1.807, 2.05) is 6.07 Å². The van der Waals surface area contributed by atoms with Crippen molar-refractivity contribution in [3.63, 3.8) is 0 Å². The molecular weight excluding hydrogens is 389 g/mol. The zero-order chi connectivity index (χ0) is 19.6. The predicted molar refractivity (Wildman–Crippen MR) is 102 cm³/mol. The van der Waals surface area contributed by atoms with Crippen LogP contribution in [0.5, 0.6) is 0 Å². The summed E-state index contributed by atoms with van der Waals surface area (Å²) in [7, 11) is 1.55. The van der Waals surface area contributed by atoms with Crippen molar-refractivity contribution in [1.29, 1.82) is 5.26 Å². The number of carbonyl (C=O) groups excluding carboxylic acids is 2. The van der Waals surface area contributed by atoms with Crippen molar-refractivity contribution in [1.82, 2.24) is 15.2 Å². The molecule has 0 bridgehead atoms. The Bertz CT molecular complexity index is 944. The lowest BCUT2D eigenvalue weighted by atomic mass is 10.2. The van der Waals surface area contributed by atoms with E-state index in [4.69, 9.17) is 23.2 Å². The van der Waals surface area contributed by atoms with Crippen LogP contribution in [0, 0.1) is 11.3 Å². The van der Waals surface area contributed by atoms with Gasteiger partial charge < -0.3 is 10.2 Å². The number of nitrogens with one attached hydrogen (secondary N) is 1. The zero-order valence-corrected chi connectivity index (χ0v) is 15.8. The van der Waals surface area contributed by atoms with Gasteiger partial charge in [-0.05, 0) is 29.8 Å². The first kappa shape index (κ1) is 19.0. The van der Waals surface area contributed by atoms with Crippen molar-refractivity contribution in [3.8, 4) is 6.07 Å². The standard InChI is InChI=1S/C18H15Cl2N5O2/c1-24-16(17(26)23-9-11-4-5-12(19)7-13(11)20)10-25(18(24)27)15-3-2-6-22-14(15)8-21/h2-7,16H,9-10H2,1H3,(H,23,26). The van der Waals surface area contributed by atoms with Crippen molar-refractivity contribution in [2.24, 2.45) is 0 Å². The van der Waals surface area contributed by atoms with Gasteiger partial charge in [-0.1, -0.05) is 29.3 Å². The van der Waals surface area contributed by atoms with Gasteiger partial charge in [0.15, 0.2) is 5.69 Å². The molecule has 1 aromatic heterocycles. The number of hydrogen-bond donors (Lipinski definition) is 1. The SMILES string of the molecule is CN1C(=O)N(c2cccnc2C#N)CC1C(=O)NCc1ccc(Cl)cc1Cl. The highest BCUT2D eigenvalue weighted by Gasteiger charge is 2.40. The second kappa shape index (κ2) is 7.82. The quantitative estimate of drug-likeness (QED) is 0.849.